The quantitative estimate of drug-likeness (QED) is 0.0442. The highest BCUT2D eigenvalue weighted by atomic mass is 32.2. The molecule has 0 saturated carbocycles. The molecule has 14 nitrogen and oxygen atoms in total. The van der Waals surface area contributed by atoms with Crippen LogP contribution in [0.3, 0.4) is 0 Å². The Labute approximate surface area is 277 Å². The largest absolute Gasteiger partial charge is 0.478 e. The van der Waals surface area contributed by atoms with Crippen molar-refractivity contribution in [2.75, 3.05) is 5.32 Å². The van der Waals surface area contributed by atoms with Crippen LogP contribution in [-0.4, -0.2) is 44.6 Å². The molecule has 1 aliphatic rings. The number of rotatable bonds is 8. The van der Waals surface area contributed by atoms with Gasteiger partial charge in [-0.1, -0.05) is 40.6 Å². The summed E-state index contributed by atoms with van der Waals surface area (Å²) in [5.41, 5.74) is 0.923. The minimum atomic E-state index is -4.52. The number of fused-ring (bicyclic) bond motifs is 3. The zero-order valence-corrected chi connectivity index (χ0v) is 26.1. The van der Waals surface area contributed by atoms with Gasteiger partial charge in [-0.2, -0.15) is 8.42 Å². The number of pyridine rings is 1. The Kier molecular flexibility index (Phi) is 7.57. The molecular weight excluding hydrogens is 685 g/mol. The molecule has 6 aromatic rings. The van der Waals surface area contributed by atoms with Gasteiger partial charge >= 0.3 is 5.97 Å². The second-order valence-corrected chi connectivity index (χ2v) is 13.4. The van der Waals surface area contributed by atoms with E-state index in [2.05, 4.69) is 24.5 Å². The van der Waals surface area contributed by atoms with Gasteiger partial charge in [-0.05, 0) is 54.1 Å². The first-order valence-corrected chi connectivity index (χ1v) is 16.5. The Morgan fingerprint density at radius 1 is 1.00 bits per heavy atom. The van der Waals surface area contributed by atoms with Crippen molar-refractivity contribution in [3.63, 3.8) is 0 Å². The lowest BCUT2D eigenvalue weighted by molar-refractivity contribution is -0.432. The van der Waals surface area contributed by atoms with Crippen LogP contribution in [-0.2, 0) is 19.5 Å². The van der Waals surface area contributed by atoms with Crippen LogP contribution >= 0.6 is 23.4 Å². The molecule has 0 atom stereocenters. The summed E-state index contributed by atoms with van der Waals surface area (Å²) in [7, 11) is -4.52. The molecule has 0 saturated heterocycles. The molecule has 4 aromatic carbocycles. The summed E-state index contributed by atoms with van der Waals surface area (Å²) in [5.74, 6) is -1.65. The number of carboxylic acid groups (broad SMARTS) is 1. The summed E-state index contributed by atoms with van der Waals surface area (Å²) in [6.07, 6.45) is 0. The van der Waals surface area contributed by atoms with Crippen LogP contribution in [0.1, 0.15) is 26.3 Å². The molecule has 17 heteroatoms. The number of carboxylic acids is 1. The lowest BCUT2D eigenvalue weighted by Crippen LogP contribution is -2.22. The Morgan fingerprint density at radius 3 is 2.46 bits per heavy atom. The standard InChI is InChI=1S/C31H16N4O10S3/c1-32-27-24-16-4-2-3-5-17(16)28(36)25-20(33-19-8-6-14(30(38)39)12-23(19)47-45-44-40)10-11-21(26(24)25)35(29(27)37)31-34-18-9-7-15(48(41,42)43)13-22(18)46-31/h2-13,33,40H,(H,38,39)(H,41,42,43). The smallest absolute Gasteiger partial charge is 0.335 e. The van der Waals surface area contributed by atoms with Gasteiger partial charge in [0.15, 0.2) is 10.9 Å². The Bertz CT molecular complexity index is 2610. The maximum atomic E-state index is 14.3. The normalized spacial score (nSPS) is 12.2. The van der Waals surface area contributed by atoms with Crippen molar-refractivity contribution < 1.29 is 42.3 Å². The number of nitrogens with zero attached hydrogens (tertiary/aromatic N) is 3. The van der Waals surface area contributed by atoms with Gasteiger partial charge in [0.2, 0.25) is 0 Å². The van der Waals surface area contributed by atoms with E-state index in [1.54, 1.807) is 30.3 Å². The monoisotopic (exact) mass is 700 g/mol. The Hall–Kier alpha value is -5.45. The van der Waals surface area contributed by atoms with E-state index in [0.29, 0.717) is 27.8 Å². The molecule has 0 bridgehead atoms. The van der Waals surface area contributed by atoms with E-state index in [4.69, 9.17) is 11.8 Å². The van der Waals surface area contributed by atoms with E-state index in [0.717, 1.165) is 11.3 Å². The highest BCUT2D eigenvalue weighted by Crippen LogP contribution is 2.47. The fourth-order valence-electron chi connectivity index (χ4n) is 5.57. The van der Waals surface area contributed by atoms with Crippen LogP contribution in [0.4, 0.5) is 17.1 Å². The SMILES string of the molecule is [C-]#[N+]c1c2c3c(c(Nc4ccc(C(=O)O)cc4SOOO)ccc3n(-c3nc4ccc(S(=O)(=O)O)cc4s3)c1=O)C(=O)c1ccccc1-2. The van der Waals surface area contributed by atoms with Crippen LogP contribution < -0.4 is 10.9 Å². The minimum absolute atomic E-state index is 0.0843. The topological polar surface area (TPSA) is 199 Å². The molecule has 0 amide bonds. The van der Waals surface area contributed by atoms with Gasteiger partial charge in [0, 0.05) is 16.5 Å². The van der Waals surface area contributed by atoms with Crippen LogP contribution in [0.15, 0.2) is 87.4 Å². The predicted octanol–water partition coefficient (Wildman–Crippen LogP) is 6.48. The van der Waals surface area contributed by atoms with Crippen molar-refractivity contribution in [1.82, 2.24) is 9.55 Å². The zero-order valence-electron chi connectivity index (χ0n) is 23.7. The second-order valence-electron chi connectivity index (χ2n) is 10.2. The molecule has 48 heavy (non-hydrogen) atoms. The molecule has 0 fully saturated rings. The van der Waals surface area contributed by atoms with Gasteiger partial charge < -0.3 is 10.4 Å². The molecular formula is C31H16N4O10S3. The number of anilines is 2. The number of thiazole rings is 1. The maximum Gasteiger partial charge on any atom is 0.335 e. The second kappa shape index (κ2) is 11.7. The average Bonchev–Trinajstić information content (AvgIpc) is 3.49. The number of hydrogen-bond acceptors (Lipinski definition) is 12. The Morgan fingerprint density at radius 2 is 1.75 bits per heavy atom. The van der Waals surface area contributed by atoms with Gasteiger partial charge in [0.25, 0.3) is 21.4 Å². The third-order valence-electron chi connectivity index (χ3n) is 7.59. The minimum Gasteiger partial charge on any atom is -0.478 e. The lowest BCUT2D eigenvalue weighted by atomic mass is 9.82. The molecule has 0 aliphatic heterocycles. The number of aromatic carboxylic acids is 1. The van der Waals surface area contributed by atoms with Crippen LogP contribution in [0.2, 0.25) is 0 Å². The maximum absolute atomic E-state index is 14.3. The van der Waals surface area contributed by atoms with Gasteiger partial charge in [-0.15, -0.1) is 4.33 Å². The van der Waals surface area contributed by atoms with Crippen LogP contribution in [0.5, 0.6) is 0 Å². The number of benzene rings is 4. The van der Waals surface area contributed by atoms with Crippen molar-refractivity contribution in [2.45, 2.75) is 9.79 Å². The summed E-state index contributed by atoms with van der Waals surface area (Å²) in [6.45, 7) is 8.04. The molecule has 2 aromatic heterocycles. The number of nitrogens with one attached hydrogen (secondary N) is 1. The molecule has 4 N–H and O–H groups in total. The van der Waals surface area contributed by atoms with Crippen molar-refractivity contribution >= 4 is 83.4 Å². The van der Waals surface area contributed by atoms with Gasteiger partial charge in [-0.3, -0.25) is 18.7 Å². The molecule has 1 aliphatic carbocycles. The van der Waals surface area contributed by atoms with Crippen LogP contribution in [0, 0.1) is 6.57 Å². The van der Waals surface area contributed by atoms with E-state index in [1.165, 1.54) is 47.0 Å². The van der Waals surface area contributed by atoms with Crippen molar-refractivity contribution in [3.8, 4) is 16.3 Å². The van der Waals surface area contributed by atoms with Crippen molar-refractivity contribution in [3.05, 3.63) is 111 Å². The number of carbonyl (C=O) groups is 2. The predicted molar refractivity (Wildman–Crippen MR) is 175 cm³/mol. The van der Waals surface area contributed by atoms with Gasteiger partial charge in [-0.25, -0.2) is 19.9 Å². The fraction of sp³-hybridized carbons (Fsp3) is 0. The van der Waals surface area contributed by atoms with Gasteiger partial charge in [0.05, 0.1) is 66.6 Å². The Balaban J connectivity index is 1.52. The summed E-state index contributed by atoms with van der Waals surface area (Å²) in [6, 6.07) is 17.4. The highest BCUT2D eigenvalue weighted by molar-refractivity contribution is 7.94. The first kappa shape index (κ1) is 31.2. The first-order valence-electron chi connectivity index (χ1n) is 13.5. The molecule has 0 unspecified atom stereocenters. The summed E-state index contributed by atoms with van der Waals surface area (Å²) >= 11 is 1.45. The fourth-order valence-corrected chi connectivity index (χ4v) is 7.66. The van der Waals surface area contributed by atoms with Crippen molar-refractivity contribution in [1.29, 1.82) is 0 Å². The van der Waals surface area contributed by atoms with E-state index in [1.807, 2.05) is 0 Å². The van der Waals surface area contributed by atoms with E-state index >= 15 is 0 Å². The molecule has 238 valence electrons. The lowest BCUT2D eigenvalue weighted by Gasteiger charge is -2.25. The first-order chi connectivity index (χ1) is 23.0. The van der Waals surface area contributed by atoms with Gasteiger partial charge in [0.1, 0.15) is 0 Å². The molecule has 0 spiro atoms. The van der Waals surface area contributed by atoms with E-state index in [9.17, 15) is 32.5 Å². The number of aromatic nitrogens is 2. The number of hydrogen-bond donors (Lipinski definition) is 4. The summed E-state index contributed by atoms with van der Waals surface area (Å²) in [5, 5.41) is 25.4. The number of carbonyl (C=O) groups excluding carboxylic acids is 1. The molecule has 2 heterocycles. The van der Waals surface area contributed by atoms with Crippen LogP contribution in [0.25, 0.3) is 42.2 Å². The van der Waals surface area contributed by atoms with E-state index in [-0.39, 0.29) is 65.1 Å². The molecule has 0 radical (unpaired) electrons. The van der Waals surface area contributed by atoms with Crippen molar-refractivity contribution in [2.24, 2.45) is 0 Å². The zero-order chi connectivity index (χ0) is 33.9. The third-order valence-corrected chi connectivity index (χ3v) is 10.1. The average molecular weight is 701 g/mol. The highest BCUT2D eigenvalue weighted by Gasteiger charge is 2.33. The third kappa shape index (κ3) is 5.01. The number of ketones is 1. The summed E-state index contributed by atoms with van der Waals surface area (Å²) in [4.78, 5) is 47.9. The summed E-state index contributed by atoms with van der Waals surface area (Å²) < 4.78 is 39.1. The van der Waals surface area contributed by atoms with E-state index < -0.39 is 27.4 Å². The molecule has 7 rings (SSSR count).